The number of aliphatic hydroxyl groups excluding tert-OH is 1. The Morgan fingerprint density at radius 3 is 2.81 bits per heavy atom. The highest BCUT2D eigenvalue weighted by molar-refractivity contribution is 5.22. The molecule has 1 N–H and O–H groups in total. The number of aromatic nitrogens is 2. The number of fused-ring (bicyclic) bond motifs is 1. The molecule has 26 heavy (non-hydrogen) atoms. The van der Waals surface area contributed by atoms with Crippen LogP contribution in [0.5, 0.6) is 0 Å². The first-order chi connectivity index (χ1) is 12.7. The Morgan fingerprint density at radius 1 is 1.19 bits per heavy atom. The number of likely N-dealkylation sites (tertiary alicyclic amines) is 1. The maximum absolute atomic E-state index is 10.5. The van der Waals surface area contributed by atoms with Crippen molar-refractivity contribution in [2.24, 2.45) is 7.05 Å². The monoisotopic (exact) mass is 363 g/mol. The quantitative estimate of drug-likeness (QED) is 0.838. The van der Waals surface area contributed by atoms with E-state index >= 15 is 0 Å². The van der Waals surface area contributed by atoms with E-state index < -0.39 is 6.10 Å². The molecular weight excluding hydrogens is 330 g/mol. The lowest BCUT2D eigenvalue weighted by Crippen LogP contribution is -2.37. The predicted molar refractivity (Wildman–Crippen MR) is 99.2 cm³/mol. The molecule has 6 heteroatoms. The molecule has 2 saturated heterocycles. The van der Waals surface area contributed by atoms with Crippen molar-refractivity contribution in [3.63, 3.8) is 0 Å². The van der Waals surface area contributed by atoms with Gasteiger partial charge in [0.15, 0.2) is 0 Å². The zero-order valence-electron chi connectivity index (χ0n) is 16.0. The molecule has 6 nitrogen and oxygen atoms in total. The minimum absolute atomic E-state index is 0.244. The second-order valence-electron chi connectivity index (χ2n) is 8.08. The van der Waals surface area contributed by atoms with Gasteiger partial charge < -0.3 is 19.1 Å². The summed E-state index contributed by atoms with van der Waals surface area (Å²) < 4.78 is 13.6. The molecule has 0 radical (unpaired) electrons. The predicted octanol–water partition coefficient (Wildman–Crippen LogP) is 1.99. The number of hydrogen-bond donors (Lipinski definition) is 1. The molecule has 1 aromatic heterocycles. The van der Waals surface area contributed by atoms with Gasteiger partial charge >= 0.3 is 0 Å². The van der Waals surface area contributed by atoms with Crippen molar-refractivity contribution in [1.82, 2.24) is 14.5 Å². The van der Waals surface area contributed by atoms with E-state index in [-0.39, 0.29) is 6.10 Å². The van der Waals surface area contributed by atoms with Crippen molar-refractivity contribution in [2.45, 2.75) is 69.6 Å². The van der Waals surface area contributed by atoms with Crippen LogP contribution in [0.15, 0.2) is 0 Å². The zero-order valence-corrected chi connectivity index (χ0v) is 16.0. The SMILES string of the molecule is Cn1c([C@@H]2CCCN2C[C@H](O)COC2CCOCC2)nc2c1CCCC2. The molecule has 0 aromatic carbocycles. The van der Waals surface area contributed by atoms with Gasteiger partial charge in [-0.1, -0.05) is 0 Å². The van der Waals surface area contributed by atoms with Crippen LogP contribution in [0.2, 0.25) is 0 Å². The van der Waals surface area contributed by atoms with E-state index in [2.05, 4.69) is 16.5 Å². The summed E-state index contributed by atoms with van der Waals surface area (Å²) in [4.78, 5) is 7.41. The van der Waals surface area contributed by atoms with E-state index in [1.807, 2.05) is 0 Å². The van der Waals surface area contributed by atoms with Crippen LogP contribution >= 0.6 is 0 Å². The third-order valence-corrected chi connectivity index (χ3v) is 6.21. The van der Waals surface area contributed by atoms with Gasteiger partial charge in [-0.15, -0.1) is 0 Å². The lowest BCUT2D eigenvalue weighted by molar-refractivity contribution is -0.0648. The molecule has 4 rings (SSSR count). The van der Waals surface area contributed by atoms with E-state index in [0.717, 1.165) is 51.9 Å². The summed E-state index contributed by atoms with van der Waals surface area (Å²) in [5.74, 6) is 1.20. The Kier molecular flexibility index (Phi) is 5.93. The van der Waals surface area contributed by atoms with Crippen LogP contribution in [0.3, 0.4) is 0 Å². The van der Waals surface area contributed by atoms with Gasteiger partial charge in [-0.3, -0.25) is 4.90 Å². The summed E-state index contributed by atoms with van der Waals surface area (Å²) in [6, 6.07) is 0.336. The van der Waals surface area contributed by atoms with Gasteiger partial charge in [-0.2, -0.15) is 0 Å². The molecule has 3 aliphatic rings. The van der Waals surface area contributed by atoms with Crippen molar-refractivity contribution in [3.05, 3.63) is 17.2 Å². The Balaban J connectivity index is 1.35. The fourth-order valence-corrected chi connectivity index (χ4v) is 4.76. The summed E-state index contributed by atoms with van der Waals surface area (Å²) in [6.07, 6.45) is 8.83. The highest BCUT2D eigenvalue weighted by Crippen LogP contribution is 2.33. The molecular formula is C20H33N3O3. The lowest BCUT2D eigenvalue weighted by Gasteiger charge is -2.28. The number of imidazole rings is 1. The molecule has 2 fully saturated rings. The molecule has 3 heterocycles. The molecule has 0 amide bonds. The highest BCUT2D eigenvalue weighted by atomic mass is 16.5. The van der Waals surface area contributed by atoms with Crippen LogP contribution in [-0.4, -0.2) is 64.7 Å². The molecule has 0 unspecified atom stereocenters. The largest absolute Gasteiger partial charge is 0.389 e. The van der Waals surface area contributed by atoms with Crippen molar-refractivity contribution in [1.29, 1.82) is 0 Å². The minimum Gasteiger partial charge on any atom is -0.389 e. The van der Waals surface area contributed by atoms with Crippen LogP contribution in [0.4, 0.5) is 0 Å². The third kappa shape index (κ3) is 3.98. The van der Waals surface area contributed by atoms with E-state index in [0.29, 0.717) is 19.2 Å². The highest BCUT2D eigenvalue weighted by Gasteiger charge is 2.32. The van der Waals surface area contributed by atoms with Crippen molar-refractivity contribution in [3.8, 4) is 0 Å². The van der Waals surface area contributed by atoms with Crippen LogP contribution in [0.25, 0.3) is 0 Å². The summed E-state index contributed by atoms with van der Waals surface area (Å²) in [5, 5.41) is 10.5. The summed E-state index contributed by atoms with van der Waals surface area (Å²) >= 11 is 0. The van der Waals surface area contributed by atoms with Gasteiger partial charge in [0, 0.05) is 32.5 Å². The number of hydrogen-bond acceptors (Lipinski definition) is 5. The Morgan fingerprint density at radius 2 is 2.00 bits per heavy atom. The van der Waals surface area contributed by atoms with Gasteiger partial charge in [0.2, 0.25) is 0 Å². The molecule has 0 bridgehead atoms. The Hall–Kier alpha value is -0.950. The van der Waals surface area contributed by atoms with Crippen molar-refractivity contribution in [2.75, 3.05) is 32.9 Å². The van der Waals surface area contributed by atoms with E-state index in [9.17, 15) is 5.11 Å². The first kappa shape index (κ1) is 18.4. The second kappa shape index (κ2) is 8.38. The van der Waals surface area contributed by atoms with Crippen LogP contribution in [0.1, 0.15) is 61.8 Å². The third-order valence-electron chi connectivity index (χ3n) is 6.21. The first-order valence-corrected chi connectivity index (χ1v) is 10.4. The van der Waals surface area contributed by atoms with Gasteiger partial charge in [-0.25, -0.2) is 4.98 Å². The first-order valence-electron chi connectivity index (χ1n) is 10.4. The second-order valence-corrected chi connectivity index (χ2v) is 8.08. The maximum Gasteiger partial charge on any atom is 0.126 e. The smallest absolute Gasteiger partial charge is 0.126 e. The van der Waals surface area contributed by atoms with Crippen LogP contribution in [0, 0.1) is 0 Å². The number of β-amino-alcohol motifs (C(OH)–C–C–N with tert-alkyl or cyclic N) is 1. The lowest BCUT2D eigenvalue weighted by atomic mass is 10.0. The summed E-state index contributed by atoms with van der Waals surface area (Å²) in [6.45, 7) is 3.68. The van der Waals surface area contributed by atoms with E-state index in [1.54, 1.807) is 0 Å². The minimum atomic E-state index is -0.437. The van der Waals surface area contributed by atoms with Gasteiger partial charge in [-0.05, 0) is 57.9 Å². The van der Waals surface area contributed by atoms with Gasteiger partial charge in [0.05, 0.1) is 30.6 Å². The fraction of sp³-hybridized carbons (Fsp3) is 0.850. The molecule has 2 aliphatic heterocycles. The molecule has 146 valence electrons. The fourth-order valence-electron chi connectivity index (χ4n) is 4.76. The number of nitrogens with zero attached hydrogens (tertiary/aromatic N) is 3. The molecule has 1 aliphatic carbocycles. The number of ether oxygens (including phenoxy) is 2. The van der Waals surface area contributed by atoms with Gasteiger partial charge in [0.1, 0.15) is 5.82 Å². The normalized spacial score (nSPS) is 26.2. The molecule has 2 atom stereocenters. The summed E-state index contributed by atoms with van der Waals surface area (Å²) in [5.41, 5.74) is 2.74. The summed E-state index contributed by atoms with van der Waals surface area (Å²) in [7, 11) is 2.17. The van der Waals surface area contributed by atoms with E-state index in [4.69, 9.17) is 14.5 Å². The molecule has 1 aromatic rings. The van der Waals surface area contributed by atoms with E-state index in [1.165, 1.54) is 36.5 Å². The number of aryl methyl sites for hydroxylation is 1. The average molecular weight is 364 g/mol. The van der Waals surface area contributed by atoms with Crippen molar-refractivity contribution < 1.29 is 14.6 Å². The van der Waals surface area contributed by atoms with Crippen LogP contribution < -0.4 is 0 Å². The topological polar surface area (TPSA) is 59.8 Å². The zero-order chi connectivity index (χ0) is 17.9. The number of rotatable bonds is 6. The Bertz CT molecular complexity index is 597. The van der Waals surface area contributed by atoms with Crippen LogP contribution in [-0.2, 0) is 29.4 Å². The molecule has 0 spiro atoms. The standard InChI is InChI=1S/C20H33N3O3/c1-22-18-6-3-2-5-17(18)21-20(22)19-7-4-10-23(19)13-15(24)14-26-16-8-11-25-12-9-16/h15-16,19,24H,2-14H2,1H3/t15-,19-/m0/s1. The Labute approximate surface area is 156 Å². The average Bonchev–Trinajstić information content (AvgIpc) is 3.25. The molecule has 0 saturated carbocycles. The van der Waals surface area contributed by atoms with Gasteiger partial charge in [0.25, 0.3) is 0 Å². The van der Waals surface area contributed by atoms with Crippen molar-refractivity contribution >= 4 is 0 Å². The maximum atomic E-state index is 10.5. The number of aliphatic hydroxyl groups is 1.